The summed E-state index contributed by atoms with van der Waals surface area (Å²) in [5.74, 6) is 0.517. The Morgan fingerprint density at radius 1 is 1.06 bits per heavy atom. The average Bonchev–Trinajstić information content (AvgIpc) is 2.34. The Balaban J connectivity index is 1.77. The van der Waals surface area contributed by atoms with E-state index < -0.39 is 0 Å². The van der Waals surface area contributed by atoms with Gasteiger partial charge < -0.3 is 14.8 Å². The summed E-state index contributed by atoms with van der Waals surface area (Å²) in [5, 5.41) is 3.66. The van der Waals surface area contributed by atoms with E-state index in [4.69, 9.17) is 9.47 Å². The van der Waals surface area contributed by atoms with Crippen molar-refractivity contribution in [3.05, 3.63) is 0 Å². The SMILES string of the molecule is CC1COCCC12CNCC1(CCCCC1)O2. The van der Waals surface area contributed by atoms with Crippen molar-refractivity contribution in [2.45, 2.75) is 56.7 Å². The second-order valence-corrected chi connectivity index (χ2v) is 6.24. The van der Waals surface area contributed by atoms with Crippen LogP contribution in [0, 0.1) is 5.92 Å². The van der Waals surface area contributed by atoms with Crippen LogP contribution in [0.1, 0.15) is 45.4 Å². The van der Waals surface area contributed by atoms with E-state index in [-0.39, 0.29) is 11.2 Å². The minimum Gasteiger partial charge on any atom is -0.381 e. The van der Waals surface area contributed by atoms with E-state index in [1.165, 1.54) is 32.1 Å². The number of nitrogens with one attached hydrogen (secondary N) is 1. The zero-order chi connectivity index (χ0) is 11.8. The fraction of sp³-hybridized carbons (Fsp3) is 1.00. The van der Waals surface area contributed by atoms with Gasteiger partial charge in [-0.1, -0.05) is 26.2 Å². The molecule has 3 heteroatoms. The normalized spacial score (nSPS) is 41.8. The smallest absolute Gasteiger partial charge is 0.0883 e. The molecule has 1 N–H and O–H groups in total. The number of hydrogen-bond acceptors (Lipinski definition) is 3. The molecule has 0 aromatic heterocycles. The quantitative estimate of drug-likeness (QED) is 0.702. The Hall–Kier alpha value is -0.120. The third kappa shape index (κ3) is 2.13. The van der Waals surface area contributed by atoms with Gasteiger partial charge in [0.1, 0.15) is 0 Å². The summed E-state index contributed by atoms with van der Waals surface area (Å²) < 4.78 is 12.3. The Bertz CT molecular complexity index is 266. The maximum atomic E-state index is 6.71. The molecule has 3 nitrogen and oxygen atoms in total. The number of ether oxygens (including phenoxy) is 2. The molecule has 0 aromatic rings. The van der Waals surface area contributed by atoms with Crippen LogP contribution in [-0.4, -0.2) is 37.5 Å². The summed E-state index contributed by atoms with van der Waals surface area (Å²) in [7, 11) is 0. The van der Waals surface area contributed by atoms with Gasteiger partial charge >= 0.3 is 0 Å². The average molecular weight is 239 g/mol. The highest BCUT2D eigenvalue weighted by atomic mass is 16.5. The summed E-state index contributed by atoms with van der Waals surface area (Å²) in [4.78, 5) is 0. The molecule has 98 valence electrons. The van der Waals surface area contributed by atoms with Crippen molar-refractivity contribution in [1.82, 2.24) is 5.32 Å². The van der Waals surface area contributed by atoms with Crippen molar-refractivity contribution in [1.29, 1.82) is 0 Å². The fourth-order valence-electron chi connectivity index (χ4n) is 3.80. The van der Waals surface area contributed by atoms with Gasteiger partial charge in [-0.15, -0.1) is 0 Å². The van der Waals surface area contributed by atoms with Crippen molar-refractivity contribution in [3.8, 4) is 0 Å². The van der Waals surface area contributed by atoms with Crippen LogP contribution in [0.5, 0.6) is 0 Å². The Morgan fingerprint density at radius 3 is 2.65 bits per heavy atom. The van der Waals surface area contributed by atoms with Crippen molar-refractivity contribution in [3.63, 3.8) is 0 Å². The van der Waals surface area contributed by atoms with Crippen LogP contribution in [0.3, 0.4) is 0 Å². The largest absolute Gasteiger partial charge is 0.381 e. The van der Waals surface area contributed by atoms with E-state index in [0.29, 0.717) is 5.92 Å². The molecule has 2 aliphatic heterocycles. The van der Waals surface area contributed by atoms with Gasteiger partial charge in [-0.05, 0) is 12.8 Å². The highest BCUT2D eigenvalue weighted by Crippen LogP contribution is 2.42. The third-order valence-electron chi connectivity index (χ3n) is 4.99. The lowest BCUT2D eigenvalue weighted by Gasteiger charge is -2.54. The van der Waals surface area contributed by atoms with Gasteiger partial charge in [-0.3, -0.25) is 0 Å². The monoisotopic (exact) mass is 239 g/mol. The minimum absolute atomic E-state index is 0.0494. The standard InChI is InChI=1S/C14H25NO2/c1-12-9-16-8-7-14(12)11-15-10-13(17-14)5-3-2-4-6-13/h12,15H,2-11H2,1H3. The topological polar surface area (TPSA) is 30.5 Å². The van der Waals surface area contributed by atoms with E-state index in [1.807, 2.05) is 0 Å². The van der Waals surface area contributed by atoms with Crippen molar-refractivity contribution in [2.75, 3.05) is 26.3 Å². The predicted molar refractivity (Wildman–Crippen MR) is 67.1 cm³/mol. The molecule has 2 unspecified atom stereocenters. The highest BCUT2D eigenvalue weighted by Gasteiger charge is 2.49. The maximum Gasteiger partial charge on any atom is 0.0883 e. The molecule has 0 radical (unpaired) electrons. The molecule has 2 saturated heterocycles. The van der Waals surface area contributed by atoms with Crippen molar-refractivity contribution in [2.24, 2.45) is 5.92 Å². The molecule has 2 heterocycles. The van der Waals surface area contributed by atoms with Gasteiger partial charge in [0.25, 0.3) is 0 Å². The molecule has 0 aromatic carbocycles. The lowest BCUT2D eigenvalue weighted by molar-refractivity contribution is -0.238. The highest BCUT2D eigenvalue weighted by molar-refractivity contribution is 5.01. The molecule has 2 atom stereocenters. The molecule has 3 fully saturated rings. The summed E-state index contributed by atoms with van der Waals surface area (Å²) in [6, 6.07) is 0. The summed E-state index contributed by atoms with van der Waals surface area (Å²) in [6.07, 6.45) is 7.61. The first kappa shape index (κ1) is 11.9. The van der Waals surface area contributed by atoms with Crippen LogP contribution < -0.4 is 5.32 Å². The molecule has 3 aliphatic rings. The van der Waals surface area contributed by atoms with E-state index in [9.17, 15) is 0 Å². The lowest BCUT2D eigenvalue weighted by atomic mass is 9.77. The van der Waals surface area contributed by atoms with Crippen molar-refractivity contribution >= 4 is 0 Å². The van der Waals surface area contributed by atoms with E-state index in [1.54, 1.807) is 0 Å². The molecular weight excluding hydrogens is 214 g/mol. The fourth-order valence-corrected chi connectivity index (χ4v) is 3.80. The zero-order valence-electron chi connectivity index (χ0n) is 11.0. The molecule has 2 spiro atoms. The van der Waals surface area contributed by atoms with Gasteiger partial charge in [-0.2, -0.15) is 0 Å². The number of rotatable bonds is 0. The summed E-state index contributed by atoms with van der Waals surface area (Å²) >= 11 is 0. The van der Waals surface area contributed by atoms with Gasteiger partial charge in [-0.25, -0.2) is 0 Å². The molecular formula is C14H25NO2. The molecule has 0 amide bonds. The zero-order valence-corrected chi connectivity index (χ0v) is 11.0. The number of hydrogen-bond donors (Lipinski definition) is 1. The molecule has 3 rings (SSSR count). The van der Waals surface area contributed by atoms with Gasteiger partial charge in [0.2, 0.25) is 0 Å². The van der Waals surface area contributed by atoms with Crippen LogP contribution in [0.4, 0.5) is 0 Å². The van der Waals surface area contributed by atoms with Gasteiger partial charge in [0, 0.05) is 32.0 Å². The van der Waals surface area contributed by atoms with Crippen molar-refractivity contribution < 1.29 is 9.47 Å². The number of morpholine rings is 1. The minimum atomic E-state index is 0.0494. The molecule has 1 saturated carbocycles. The molecule has 0 bridgehead atoms. The summed E-state index contributed by atoms with van der Waals surface area (Å²) in [6.45, 7) is 6.07. The Labute approximate surface area is 104 Å². The first-order chi connectivity index (χ1) is 8.25. The lowest BCUT2D eigenvalue weighted by Crippen LogP contribution is -2.65. The predicted octanol–water partition coefficient (Wildman–Crippen LogP) is 2.10. The van der Waals surface area contributed by atoms with Crippen LogP contribution in [-0.2, 0) is 9.47 Å². The Kier molecular flexibility index (Phi) is 3.18. The summed E-state index contributed by atoms with van der Waals surface area (Å²) in [5.41, 5.74) is 0.190. The Morgan fingerprint density at radius 2 is 1.88 bits per heavy atom. The first-order valence-corrected chi connectivity index (χ1v) is 7.23. The second kappa shape index (κ2) is 4.52. The maximum absolute atomic E-state index is 6.71. The second-order valence-electron chi connectivity index (χ2n) is 6.24. The van der Waals surface area contributed by atoms with Crippen LogP contribution >= 0.6 is 0 Å². The van der Waals surface area contributed by atoms with Gasteiger partial charge in [0.05, 0.1) is 17.8 Å². The van der Waals surface area contributed by atoms with Gasteiger partial charge in [0.15, 0.2) is 0 Å². The van der Waals surface area contributed by atoms with E-state index in [0.717, 1.165) is 32.7 Å². The van der Waals surface area contributed by atoms with Crippen LogP contribution in [0.25, 0.3) is 0 Å². The first-order valence-electron chi connectivity index (χ1n) is 7.23. The van der Waals surface area contributed by atoms with Crippen LogP contribution in [0.2, 0.25) is 0 Å². The molecule has 1 aliphatic carbocycles. The third-order valence-corrected chi connectivity index (χ3v) is 4.99. The van der Waals surface area contributed by atoms with Crippen LogP contribution in [0.15, 0.2) is 0 Å². The van der Waals surface area contributed by atoms with E-state index >= 15 is 0 Å². The molecule has 17 heavy (non-hydrogen) atoms. The van der Waals surface area contributed by atoms with E-state index in [2.05, 4.69) is 12.2 Å².